The number of benzene rings is 1. The van der Waals surface area contributed by atoms with Crippen molar-refractivity contribution in [3.63, 3.8) is 0 Å². The molecule has 1 aliphatic heterocycles. The number of nitrogens with zero attached hydrogens (tertiary/aromatic N) is 1. The van der Waals surface area contributed by atoms with E-state index in [2.05, 4.69) is 5.32 Å². The van der Waals surface area contributed by atoms with Crippen LogP contribution in [-0.4, -0.2) is 50.3 Å². The summed E-state index contributed by atoms with van der Waals surface area (Å²) in [4.78, 5) is 36.0. The number of carbonyl (C=O) groups excluding carboxylic acids is 2. The molecule has 0 aliphatic carbocycles. The second-order valence-electron chi connectivity index (χ2n) is 4.86. The van der Waals surface area contributed by atoms with E-state index in [9.17, 15) is 19.5 Å². The number of phenols is 1. The summed E-state index contributed by atoms with van der Waals surface area (Å²) in [6.07, 6.45) is 1.39. The third kappa shape index (κ3) is 4.80. The second kappa shape index (κ2) is 7.93. The van der Waals surface area contributed by atoms with Crippen molar-refractivity contribution in [3.05, 3.63) is 34.7 Å². The fourth-order valence-electron chi connectivity index (χ4n) is 1.91. The van der Waals surface area contributed by atoms with Gasteiger partial charge in [-0.3, -0.25) is 19.3 Å². The standard InChI is InChI=1S/C15H14N2O5S2/c18-10-3-1-2-9(6-10)7-11-14(22)17(15(23)24-11)8-12(19)16-5-4-13(20)21/h1-3,6-7,18H,4-5,8H2,(H,16,19)(H,20,21)/b11-7-. The lowest BCUT2D eigenvalue weighted by Gasteiger charge is -2.13. The first kappa shape index (κ1) is 18.0. The summed E-state index contributed by atoms with van der Waals surface area (Å²) in [6, 6.07) is 6.40. The number of aliphatic carboxylic acids is 1. The molecule has 0 aromatic heterocycles. The van der Waals surface area contributed by atoms with Crippen LogP contribution in [0.15, 0.2) is 29.2 Å². The molecule has 1 aliphatic rings. The Labute approximate surface area is 147 Å². The topological polar surface area (TPSA) is 107 Å². The molecule has 1 aromatic carbocycles. The number of aromatic hydroxyl groups is 1. The number of hydrogen-bond acceptors (Lipinski definition) is 6. The smallest absolute Gasteiger partial charge is 0.305 e. The van der Waals surface area contributed by atoms with Crippen molar-refractivity contribution >= 4 is 52.2 Å². The largest absolute Gasteiger partial charge is 0.508 e. The van der Waals surface area contributed by atoms with Crippen molar-refractivity contribution in [3.8, 4) is 5.75 Å². The van der Waals surface area contributed by atoms with E-state index < -0.39 is 17.8 Å². The molecule has 2 amide bonds. The highest BCUT2D eigenvalue weighted by Gasteiger charge is 2.33. The Morgan fingerprint density at radius 2 is 2.12 bits per heavy atom. The van der Waals surface area contributed by atoms with Crippen LogP contribution >= 0.6 is 24.0 Å². The van der Waals surface area contributed by atoms with Gasteiger partial charge in [0.25, 0.3) is 5.91 Å². The predicted octanol–water partition coefficient (Wildman–Crippen LogP) is 1.18. The van der Waals surface area contributed by atoms with E-state index in [1.54, 1.807) is 18.2 Å². The lowest BCUT2D eigenvalue weighted by atomic mass is 10.2. The number of amides is 2. The molecule has 2 rings (SSSR count). The summed E-state index contributed by atoms with van der Waals surface area (Å²) < 4.78 is 0.250. The van der Waals surface area contributed by atoms with E-state index in [1.807, 2.05) is 0 Å². The fraction of sp³-hybridized carbons (Fsp3) is 0.200. The first-order chi connectivity index (χ1) is 11.4. The Morgan fingerprint density at radius 3 is 2.79 bits per heavy atom. The molecule has 1 aromatic rings. The van der Waals surface area contributed by atoms with E-state index in [-0.39, 0.29) is 29.6 Å². The second-order valence-corrected chi connectivity index (χ2v) is 6.53. The quantitative estimate of drug-likeness (QED) is 0.513. The van der Waals surface area contributed by atoms with Crippen molar-refractivity contribution in [1.29, 1.82) is 0 Å². The first-order valence-electron chi connectivity index (χ1n) is 6.89. The van der Waals surface area contributed by atoms with Gasteiger partial charge in [-0.25, -0.2) is 0 Å². The third-order valence-electron chi connectivity index (χ3n) is 3.00. The highest BCUT2D eigenvalue weighted by Crippen LogP contribution is 2.32. The highest BCUT2D eigenvalue weighted by atomic mass is 32.2. The minimum atomic E-state index is -1.02. The normalized spacial score (nSPS) is 15.8. The monoisotopic (exact) mass is 366 g/mol. The summed E-state index contributed by atoms with van der Waals surface area (Å²) in [5, 5.41) is 20.4. The number of thiocarbonyl (C=S) groups is 1. The van der Waals surface area contributed by atoms with Crippen LogP contribution in [-0.2, 0) is 14.4 Å². The van der Waals surface area contributed by atoms with Gasteiger partial charge in [-0.05, 0) is 23.8 Å². The van der Waals surface area contributed by atoms with Crippen molar-refractivity contribution < 1.29 is 24.6 Å². The molecule has 7 nitrogen and oxygen atoms in total. The highest BCUT2D eigenvalue weighted by molar-refractivity contribution is 8.26. The number of carbonyl (C=O) groups is 3. The number of thioether (sulfide) groups is 1. The summed E-state index contributed by atoms with van der Waals surface area (Å²) >= 11 is 6.18. The van der Waals surface area contributed by atoms with Gasteiger partial charge < -0.3 is 15.5 Å². The molecule has 1 saturated heterocycles. The SMILES string of the molecule is O=C(O)CCNC(=O)CN1C(=O)/C(=C/c2cccc(O)c2)SC1=S. The molecule has 126 valence electrons. The Balaban J connectivity index is 2.01. The van der Waals surface area contributed by atoms with Gasteiger partial charge in [-0.15, -0.1) is 0 Å². The summed E-state index contributed by atoms with van der Waals surface area (Å²) in [6.45, 7) is -0.274. The molecular formula is C15H14N2O5S2. The van der Waals surface area contributed by atoms with E-state index in [0.717, 1.165) is 16.7 Å². The minimum absolute atomic E-state index is 0.0118. The van der Waals surface area contributed by atoms with Gasteiger partial charge in [-0.2, -0.15) is 0 Å². The number of carboxylic acids is 1. The zero-order valence-corrected chi connectivity index (χ0v) is 14.0. The van der Waals surface area contributed by atoms with Gasteiger partial charge >= 0.3 is 5.97 Å². The van der Waals surface area contributed by atoms with Crippen LogP contribution in [0.5, 0.6) is 5.75 Å². The van der Waals surface area contributed by atoms with E-state index in [0.29, 0.717) is 10.5 Å². The van der Waals surface area contributed by atoms with E-state index in [1.165, 1.54) is 12.1 Å². The molecule has 0 saturated carbocycles. The molecule has 0 atom stereocenters. The van der Waals surface area contributed by atoms with Crippen molar-refractivity contribution in [1.82, 2.24) is 10.2 Å². The maximum absolute atomic E-state index is 12.3. The number of phenolic OH excluding ortho intramolecular Hbond substituents is 1. The molecule has 24 heavy (non-hydrogen) atoms. The molecular weight excluding hydrogens is 352 g/mol. The zero-order valence-electron chi connectivity index (χ0n) is 12.4. The Kier molecular flexibility index (Phi) is 5.93. The van der Waals surface area contributed by atoms with Gasteiger partial charge in [-0.1, -0.05) is 36.1 Å². The predicted molar refractivity (Wildman–Crippen MR) is 93.2 cm³/mol. The van der Waals surface area contributed by atoms with Crippen LogP contribution < -0.4 is 5.32 Å². The van der Waals surface area contributed by atoms with Crippen LogP contribution in [0.25, 0.3) is 6.08 Å². The molecule has 0 bridgehead atoms. The van der Waals surface area contributed by atoms with Crippen LogP contribution in [0.4, 0.5) is 0 Å². The average molecular weight is 366 g/mol. The lowest BCUT2D eigenvalue weighted by molar-refractivity contribution is -0.137. The number of carboxylic acid groups (broad SMARTS) is 1. The number of nitrogens with one attached hydrogen (secondary N) is 1. The van der Waals surface area contributed by atoms with Gasteiger partial charge in [0.2, 0.25) is 5.91 Å². The number of hydrogen-bond donors (Lipinski definition) is 3. The molecule has 9 heteroatoms. The maximum Gasteiger partial charge on any atom is 0.305 e. The van der Waals surface area contributed by atoms with Crippen LogP contribution in [0, 0.1) is 0 Å². The van der Waals surface area contributed by atoms with Crippen LogP contribution in [0.3, 0.4) is 0 Å². The van der Waals surface area contributed by atoms with E-state index in [4.69, 9.17) is 17.3 Å². The molecule has 3 N–H and O–H groups in total. The fourth-order valence-corrected chi connectivity index (χ4v) is 3.17. The maximum atomic E-state index is 12.3. The van der Waals surface area contributed by atoms with Crippen molar-refractivity contribution in [2.45, 2.75) is 6.42 Å². The number of rotatable bonds is 6. The Hall–Kier alpha value is -2.39. The summed E-state index contributed by atoms with van der Waals surface area (Å²) in [7, 11) is 0. The summed E-state index contributed by atoms with van der Waals surface area (Å²) in [5.41, 5.74) is 0.640. The average Bonchev–Trinajstić information content (AvgIpc) is 2.74. The summed E-state index contributed by atoms with van der Waals surface area (Å²) in [5.74, 6) is -1.82. The molecule has 1 fully saturated rings. The van der Waals surface area contributed by atoms with Crippen LogP contribution in [0.1, 0.15) is 12.0 Å². The third-order valence-corrected chi connectivity index (χ3v) is 4.38. The lowest BCUT2D eigenvalue weighted by Crippen LogP contribution is -2.40. The molecule has 1 heterocycles. The van der Waals surface area contributed by atoms with Gasteiger partial charge in [0.1, 0.15) is 16.6 Å². The van der Waals surface area contributed by atoms with Gasteiger partial charge in [0, 0.05) is 6.54 Å². The van der Waals surface area contributed by atoms with Gasteiger partial charge in [0.15, 0.2) is 0 Å². The van der Waals surface area contributed by atoms with Crippen molar-refractivity contribution in [2.24, 2.45) is 0 Å². The first-order valence-corrected chi connectivity index (χ1v) is 8.12. The molecule has 0 spiro atoms. The zero-order chi connectivity index (χ0) is 17.7. The Bertz CT molecular complexity index is 732. The molecule has 0 unspecified atom stereocenters. The minimum Gasteiger partial charge on any atom is -0.508 e. The van der Waals surface area contributed by atoms with Gasteiger partial charge in [0.05, 0.1) is 11.3 Å². The van der Waals surface area contributed by atoms with Crippen molar-refractivity contribution in [2.75, 3.05) is 13.1 Å². The van der Waals surface area contributed by atoms with Crippen LogP contribution in [0.2, 0.25) is 0 Å². The molecule has 0 radical (unpaired) electrons. The van der Waals surface area contributed by atoms with E-state index >= 15 is 0 Å². The Morgan fingerprint density at radius 1 is 1.38 bits per heavy atom.